The largest absolute Gasteiger partial charge is 0.375 e. The van der Waals surface area contributed by atoms with E-state index in [9.17, 15) is 4.79 Å². The van der Waals surface area contributed by atoms with Gasteiger partial charge in [-0.3, -0.25) is 4.79 Å². The number of ether oxygens (including phenoxy) is 1. The number of amides is 1. The van der Waals surface area contributed by atoms with Gasteiger partial charge in [-0.25, -0.2) is 4.98 Å². The Bertz CT molecular complexity index is 592. The topological polar surface area (TPSA) is 56.1 Å². The molecule has 1 aromatic heterocycles. The molecule has 21 heavy (non-hydrogen) atoms. The van der Waals surface area contributed by atoms with Gasteiger partial charge in [0.2, 0.25) is 5.91 Å². The number of hydrogen-bond acceptors (Lipinski definition) is 3. The van der Waals surface area contributed by atoms with Crippen LogP contribution in [0, 0.1) is 0 Å². The minimum atomic E-state index is -0.0483. The Balaban J connectivity index is 1.71. The third-order valence-electron chi connectivity index (χ3n) is 3.55. The molecule has 0 fully saturated rings. The molecule has 1 N–H and O–H groups in total. The van der Waals surface area contributed by atoms with Crippen LogP contribution in [0.3, 0.4) is 0 Å². The fraction of sp³-hybridized carbons (Fsp3) is 0.500. The van der Waals surface area contributed by atoms with E-state index < -0.39 is 0 Å². The summed E-state index contributed by atoms with van der Waals surface area (Å²) < 4.78 is 6.92. The Hall–Kier alpha value is -1.88. The second-order valence-corrected chi connectivity index (χ2v) is 5.17. The lowest BCUT2D eigenvalue weighted by atomic mass is 10.2. The number of carbonyl (C=O) groups excluding carboxylic acids is 1. The van der Waals surface area contributed by atoms with Gasteiger partial charge < -0.3 is 14.6 Å². The molecule has 0 bridgehead atoms. The van der Waals surface area contributed by atoms with E-state index in [2.05, 4.69) is 28.0 Å². The molecule has 114 valence electrons. The first-order valence-electron chi connectivity index (χ1n) is 7.38. The van der Waals surface area contributed by atoms with Crippen molar-refractivity contribution in [1.82, 2.24) is 14.9 Å². The van der Waals surface area contributed by atoms with E-state index in [1.165, 1.54) is 12.6 Å². The Labute approximate surface area is 125 Å². The summed E-state index contributed by atoms with van der Waals surface area (Å²) in [5, 5.41) is 2.83. The Morgan fingerprint density at radius 3 is 2.86 bits per heavy atom. The Morgan fingerprint density at radius 2 is 2.10 bits per heavy atom. The molecule has 0 spiro atoms. The minimum absolute atomic E-state index is 0.0483. The second-order valence-electron chi connectivity index (χ2n) is 5.17. The zero-order valence-electron chi connectivity index (χ0n) is 12.8. The van der Waals surface area contributed by atoms with Gasteiger partial charge in [0.15, 0.2) is 0 Å². The number of fused-ring (bicyclic) bond motifs is 1. The van der Waals surface area contributed by atoms with Crippen molar-refractivity contribution in [1.29, 1.82) is 0 Å². The molecule has 1 amide bonds. The van der Waals surface area contributed by atoms with Crippen LogP contribution in [-0.4, -0.2) is 35.7 Å². The molecule has 0 saturated heterocycles. The summed E-state index contributed by atoms with van der Waals surface area (Å²) in [4.78, 5) is 15.9. The van der Waals surface area contributed by atoms with Gasteiger partial charge in [0.1, 0.15) is 12.4 Å². The molecule has 0 saturated carbocycles. The molecule has 1 heterocycles. The van der Waals surface area contributed by atoms with Crippen molar-refractivity contribution in [3.8, 4) is 0 Å². The summed E-state index contributed by atoms with van der Waals surface area (Å²) in [6.45, 7) is 0.852. The number of nitrogens with zero attached hydrogens (tertiary/aromatic N) is 2. The third kappa shape index (κ3) is 4.29. The zero-order valence-corrected chi connectivity index (χ0v) is 12.8. The molecule has 0 aliphatic rings. The van der Waals surface area contributed by atoms with Crippen molar-refractivity contribution in [2.75, 3.05) is 20.3 Å². The molecule has 1 aromatic carbocycles. The van der Waals surface area contributed by atoms with Crippen molar-refractivity contribution in [2.45, 2.75) is 25.7 Å². The number of nitrogens with one attached hydrogen (secondary N) is 1. The Morgan fingerprint density at radius 1 is 1.29 bits per heavy atom. The van der Waals surface area contributed by atoms with Gasteiger partial charge in [0.25, 0.3) is 0 Å². The second kappa shape index (κ2) is 7.78. The zero-order chi connectivity index (χ0) is 15.1. The van der Waals surface area contributed by atoms with Crippen LogP contribution in [0.15, 0.2) is 24.3 Å². The molecule has 0 radical (unpaired) electrons. The first-order valence-corrected chi connectivity index (χ1v) is 7.38. The number of methoxy groups -OCH3 is 1. The van der Waals surface area contributed by atoms with Gasteiger partial charge >= 0.3 is 0 Å². The van der Waals surface area contributed by atoms with Gasteiger partial charge in [0, 0.05) is 27.1 Å². The molecule has 2 rings (SSSR count). The summed E-state index contributed by atoms with van der Waals surface area (Å²) >= 11 is 0. The highest BCUT2D eigenvalue weighted by Gasteiger charge is 2.06. The molecule has 0 aliphatic carbocycles. The number of para-hydroxylation sites is 2. The summed E-state index contributed by atoms with van der Waals surface area (Å²) in [5.74, 6) is 1.08. The third-order valence-corrected chi connectivity index (χ3v) is 3.55. The van der Waals surface area contributed by atoms with Gasteiger partial charge in [0.05, 0.1) is 11.0 Å². The van der Waals surface area contributed by atoms with Crippen LogP contribution in [0.4, 0.5) is 0 Å². The van der Waals surface area contributed by atoms with Gasteiger partial charge in [-0.15, -0.1) is 0 Å². The standard InChI is InChI=1S/C16H23N3O2/c1-19-14-9-6-5-8-13(14)18-15(19)10-4-3-7-11-17-16(20)12-21-2/h5-6,8-9H,3-4,7,10-12H2,1-2H3,(H,17,20). The summed E-state index contributed by atoms with van der Waals surface area (Å²) in [7, 11) is 3.59. The number of hydrogen-bond donors (Lipinski definition) is 1. The predicted octanol–water partition coefficient (Wildman–Crippen LogP) is 2.05. The number of benzene rings is 1. The molecule has 5 heteroatoms. The minimum Gasteiger partial charge on any atom is -0.375 e. The maximum absolute atomic E-state index is 11.2. The van der Waals surface area contributed by atoms with Crippen LogP contribution in [0.25, 0.3) is 11.0 Å². The average Bonchev–Trinajstić information content (AvgIpc) is 2.80. The van der Waals surface area contributed by atoms with Crippen molar-refractivity contribution >= 4 is 16.9 Å². The molecule has 0 aliphatic heterocycles. The van der Waals surface area contributed by atoms with E-state index in [1.54, 1.807) is 0 Å². The van der Waals surface area contributed by atoms with Gasteiger partial charge in [-0.2, -0.15) is 0 Å². The fourth-order valence-electron chi connectivity index (χ4n) is 2.41. The van der Waals surface area contributed by atoms with Gasteiger partial charge in [-0.1, -0.05) is 18.6 Å². The molecule has 2 aromatic rings. The smallest absolute Gasteiger partial charge is 0.245 e. The lowest BCUT2D eigenvalue weighted by Crippen LogP contribution is -2.27. The summed E-state index contributed by atoms with van der Waals surface area (Å²) in [6, 6.07) is 8.19. The highest BCUT2D eigenvalue weighted by molar-refractivity contribution is 5.77. The Kier molecular flexibility index (Phi) is 5.75. The highest BCUT2D eigenvalue weighted by Crippen LogP contribution is 2.15. The van der Waals surface area contributed by atoms with E-state index in [0.717, 1.165) is 37.0 Å². The quantitative estimate of drug-likeness (QED) is 0.757. The number of aryl methyl sites for hydroxylation is 2. The number of rotatable bonds is 8. The van der Waals surface area contributed by atoms with Crippen LogP contribution in [0.1, 0.15) is 25.1 Å². The molecular formula is C16H23N3O2. The fourth-order valence-corrected chi connectivity index (χ4v) is 2.41. The maximum atomic E-state index is 11.2. The van der Waals surface area contributed by atoms with Gasteiger partial charge in [-0.05, 0) is 25.0 Å². The lowest BCUT2D eigenvalue weighted by Gasteiger charge is -2.05. The van der Waals surface area contributed by atoms with E-state index in [4.69, 9.17) is 4.74 Å². The molecule has 0 unspecified atom stereocenters. The van der Waals surface area contributed by atoms with Crippen molar-refractivity contribution in [3.05, 3.63) is 30.1 Å². The number of aromatic nitrogens is 2. The van der Waals surface area contributed by atoms with E-state index in [-0.39, 0.29) is 12.5 Å². The molecule has 5 nitrogen and oxygen atoms in total. The van der Waals surface area contributed by atoms with Crippen molar-refractivity contribution < 1.29 is 9.53 Å². The number of imidazole rings is 1. The van der Waals surface area contributed by atoms with Crippen LogP contribution >= 0.6 is 0 Å². The predicted molar refractivity (Wildman–Crippen MR) is 83.2 cm³/mol. The first kappa shape index (κ1) is 15.5. The monoisotopic (exact) mass is 289 g/mol. The normalized spacial score (nSPS) is 11.0. The van der Waals surface area contributed by atoms with Crippen LogP contribution in [0.2, 0.25) is 0 Å². The summed E-state index contributed by atoms with van der Waals surface area (Å²) in [6.07, 6.45) is 4.12. The van der Waals surface area contributed by atoms with Crippen LogP contribution in [-0.2, 0) is 23.0 Å². The average molecular weight is 289 g/mol. The lowest BCUT2D eigenvalue weighted by molar-refractivity contribution is -0.124. The van der Waals surface area contributed by atoms with E-state index in [0.29, 0.717) is 6.54 Å². The van der Waals surface area contributed by atoms with Crippen molar-refractivity contribution in [2.24, 2.45) is 7.05 Å². The van der Waals surface area contributed by atoms with Crippen molar-refractivity contribution in [3.63, 3.8) is 0 Å². The van der Waals surface area contributed by atoms with Crippen LogP contribution in [0.5, 0.6) is 0 Å². The first-order chi connectivity index (χ1) is 10.2. The number of unbranched alkanes of at least 4 members (excludes halogenated alkanes) is 2. The SMILES string of the molecule is COCC(=O)NCCCCCc1nc2ccccc2n1C. The van der Waals surface area contributed by atoms with Crippen LogP contribution < -0.4 is 5.32 Å². The molecular weight excluding hydrogens is 266 g/mol. The highest BCUT2D eigenvalue weighted by atomic mass is 16.5. The number of carbonyl (C=O) groups is 1. The van der Waals surface area contributed by atoms with E-state index in [1.807, 2.05) is 18.2 Å². The van der Waals surface area contributed by atoms with E-state index >= 15 is 0 Å². The molecule has 0 atom stereocenters. The maximum Gasteiger partial charge on any atom is 0.245 e. The summed E-state index contributed by atoms with van der Waals surface area (Å²) in [5.41, 5.74) is 2.24.